The quantitative estimate of drug-likeness (QED) is 0.763. The maximum atomic E-state index is 5.54. The summed E-state index contributed by atoms with van der Waals surface area (Å²) in [5.41, 5.74) is 0. The Morgan fingerprint density at radius 1 is 0.963 bits per heavy atom. The topological polar surface area (TPSA) is 56.3 Å². The lowest BCUT2D eigenvalue weighted by Gasteiger charge is -2.35. The van der Waals surface area contributed by atoms with Crippen molar-refractivity contribution in [3.63, 3.8) is 0 Å². The van der Waals surface area contributed by atoms with Gasteiger partial charge in [-0.1, -0.05) is 12.8 Å². The molecule has 2 aliphatic heterocycles. The van der Waals surface area contributed by atoms with Crippen molar-refractivity contribution in [3.8, 4) is 0 Å². The summed E-state index contributed by atoms with van der Waals surface area (Å²) in [5, 5.41) is 7.36. The number of nitrogens with zero attached hydrogens (tertiary/aromatic N) is 4. The van der Waals surface area contributed by atoms with E-state index in [-0.39, 0.29) is 0 Å². The lowest BCUT2D eigenvalue weighted by atomic mass is 10.0. The highest BCUT2D eigenvalue weighted by Gasteiger charge is 2.23. The molecule has 3 fully saturated rings. The molecule has 0 amide bonds. The first-order valence-electron chi connectivity index (χ1n) is 10.7. The molecule has 4 rings (SSSR count). The second-order valence-corrected chi connectivity index (χ2v) is 8.63. The highest BCUT2D eigenvalue weighted by atomic mass is 32.1. The van der Waals surface area contributed by atoms with E-state index in [1.54, 1.807) is 0 Å². The fraction of sp³-hybridized carbons (Fsp3) is 0.750. The molecule has 148 valence electrons. The maximum Gasteiger partial charge on any atom is 0.232 e. The second-order valence-electron chi connectivity index (χ2n) is 8.22. The minimum atomic E-state index is 0.494. The summed E-state index contributed by atoms with van der Waals surface area (Å²) in [7, 11) is 0. The molecule has 2 N–H and O–H groups in total. The molecule has 1 aliphatic carbocycles. The van der Waals surface area contributed by atoms with Crippen molar-refractivity contribution >= 4 is 34.9 Å². The van der Waals surface area contributed by atoms with Crippen LogP contribution >= 0.6 is 12.2 Å². The van der Waals surface area contributed by atoms with Gasteiger partial charge in [0, 0.05) is 37.8 Å². The summed E-state index contributed by atoms with van der Waals surface area (Å²) in [4.78, 5) is 14.4. The number of anilines is 3. The molecule has 0 spiro atoms. The summed E-state index contributed by atoms with van der Waals surface area (Å²) >= 11 is 5.54. The SMILES string of the molecule is C[C@@H]1CCCCN1c1cc(N2CCCC2)nc(NC(=S)NC2CCCC2)n1. The number of hydrogen-bond acceptors (Lipinski definition) is 5. The summed E-state index contributed by atoms with van der Waals surface area (Å²) in [6.45, 7) is 5.53. The molecule has 7 heteroatoms. The van der Waals surface area contributed by atoms with Crippen molar-refractivity contribution in [1.82, 2.24) is 15.3 Å². The Morgan fingerprint density at radius 3 is 2.37 bits per heavy atom. The number of aromatic nitrogens is 2. The Morgan fingerprint density at radius 2 is 1.63 bits per heavy atom. The van der Waals surface area contributed by atoms with Gasteiger partial charge in [-0.05, 0) is 64.1 Å². The largest absolute Gasteiger partial charge is 0.360 e. The average Bonchev–Trinajstić information content (AvgIpc) is 3.35. The Balaban J connectivity index is 1.54. The van der Waals surface area contributed by atoms with Gasteiger partial charge in [-0.3, -0.25) is 0 Å². The van der Waals surface area contributed by atoms with Gasteiger partial charge in [0.2, 0.25) is 5.95 Å². The van der Waals surface area contributed by atoms with Gasteiger partial charge in [0.05, 0.1) is 0 Å². The third-order valence-electron chi connectivity index (χ3n) is 6.14. The molecule has 2 saturated heterocycles. The summed E-state index contributed by atoms with van der Waals surface area (Å²) < 4.78 is 0. The molecule has 1 atom stereocenters. The van der Waals surface area contributed by atoms with Gasteiger partial charge in [-0.15, -0.1) is 0 Å². The van der Waals surface area contributed by atoms with E-state index in [2.05, 4.69) is 33.4 Å². The van der Waals surface area contributed by atoms with Gasteiger partial charge in [0.15, 0.2) is 5.11 Å². The van der Waals surface area contributed by atoms with Crippen LogP contribution in [-0.4, -0.2) is 46.8 Å². The van der Waals surface area contributed by atoms with Crippen molar-refractivity contribution in [2.45, 2.75) is 76.8 Å². The molecular weight excluding hydrogens is 356 g/mol. The molecule has 3 aliphatic rings. The van der Waals surface area contributed by atoms with Crippen LogP contribution in [0.3, 0.4) is 0 Å². The first-order chi connectivity index (χ1) is 13.2. The Bertz CT molecular complexity index is 654. The number of rotatable bonds is 4. The van der Waals surface area contributed by atoms with Gasteiger partial charge < -0.3 is 20.4 Å². The van der Waals surface area contributed by atoms with Crippen molar-refractivity contribution < 1.29 is 0 Å². The summed E-state index contributed by atoms with van der Waals surface area (Å²) in [6, 6.07) is 3.19. The third kappa shape index (κ3) is 4.62. The minimum absolute atomic E-state index is 0.494. The first-order valence-corrected chi connectivity index (χ1v) is 11.1. The highest BCUT2D eigenvalue weighted by molar-refractivity contribution is 7.80. The van der Waals surface area contributed by atoms with Crippen LogP contribution in [0.5, 0.6) is 0 Å². The Hall–Kier alpha value is -1.63. The van der Waals surface area contributed by atoms with Crippen LogP contribution in [0.2, 0.25) is 0 Å². The maximum absolute atomic E-state index is 5.54. The van der Waals surface area contributed by atoms with Crippen LogP contribution in [-0.2, 0) is 0 Å². The molecule has 0 unspecified atom stereocenters. The fourth-order valence-corrected chi connectivity index (χ4v) is 4.82. The van der Waals surface area contributed by atoms with Gasteiger partial charge in [-0.2, -0.15) is 9.97 Å². The predicted molar refractivity (Wildman–Crippen MR) is 116 cm³/mol. The van der Waals surface area contributed by atoms with Crippen molar-refractivity contribution in [2.24, 2.45) is 0 Å². The lowest BCUT2D eigenvalue weighted by molar-refractivity contribution is 0.481. The molecule has 3 heterocycles. The van der Waals surface area contributed by atoms with Crippen LogP contribution in [0.1, 0.15) is 64.7 Å². The van der Waals surface area contributed by atoms with E-state index in [1.807, 2.05) is 0 Å². The van der Waals surface area contributed by atoms with Crippen LogP contribution in [0.25, 0.3) is 0 Å². The van der Waals surface area contributed by atoms with Gasteiger partial charge in [0.25, 0.3) is 0 Å². The zero-order valence-electron chi connectivity index (χ0n) is 16.4. The van der Waals surface area contributed by atoms with E-state index < -0.39 is 0 Å². The molecule has 6 nitrogen and oxygen atoms in total. The smallest absolute Gasteiger partial charge is 0.232 e. The van der Waals surface area contributed by atoms with E-state index in [0.29, 0.717) is 23.1 Å². The predicted octanol–water partition coefficient (Wildman–Crippen LogP) is 3.68. The van der Waals surface area contributed by atoms with Crippen LogP contribution in [0.15, 0.2) is 6.07 Å². The lowest BCUT2D eigenvalue weighted by Crippen LogP contribution is -2.39. The second kappa shape index (κ2) is 8.59. The van der Waals surface area contributed by atoms with Crippen LogP contribution < -0.4 is 20.4 Å². The molecular formula is C20H32N6S. The van der Waals surface area contributed by atoms with E-state index in [9.17, 15) is 0 Å². The van der Waals surface area contributed by atoms with E-state index >= 15 is 0 Å². The van der Waals surface area contributed by atoms with Crippen molar-refractivity contribution in [1.29, 1.82) is 0 Å². The zero-order chi connectivity index (χ0) is 18.6. The molecule has 0 aromatic carbocycles. The van der Waals surface area contributed by atoms with Crippen LogP contribution in [0, 0.1) is 0 Å². The fourth-order valence-electron chi connectivity index (χ4n) is 4.56. The minimum Gasteiger partial charge on any atom is -0.360 e. The number of thiocarbonyl (C=S) groups is 1. The van der Waals surface area contributed by atoms with Gasteiger partial charge in [-0.25, -0.2) is 0 Å². The molecule has 1 aromatic heterocycles. The van der Waals surface area contributed by atoms with Crippen molar-refractivity contribution in [2.75, 3.05) is 34.8 Å². The number of piperidine rings is 1. The Labute approximate surface area is 168 Å². The first kappa shape index (κ1) is 18.7. The van der Waals surface area contributed by atoms with E-state index in [0.717, 1.165) is 31.3 Å². The van der Waals surface area contributed by atoms with Gasteiger partial charge >= 0.3 is 0 Å². The van der Waals surface area contributed by atoms with E-state index in [4.69, 9.17) is 22.2 Å². The normalized spacial score (nSPS) is 23.7. The molecule has 1 aromatic rings. The Kier molecular flexibility index (Phi) is 5.95. The van der Waals surface area contributed by atoms with Gasteiger partial charge in [0.1, 0.15) is 11.6 Å². The molecule has 0 bridgehead atoms. The monoisotopic (exact) mass is 388 g/mol. The zero-order valence-corrected chi connectivity index (χ0v) is 17.2. The summed E-state index contributed by atoms with van der Waals surface area (Å²) in [5.74, 6) is 2.69. The third-order valence-corrected chi connectivity index (χ3v) is 6.36. The average molecular weight is 389 g/mol. The van der Waals surface area contributed by atoms with Crippen molar-refractivity contribution in [3.05, 3.63) is 6.07 Å². The number of nitrogens with one attached hydrogen (secondary N) is 2. The summed E-state index contributed by atoms with van der Waals surface area (Å²) in [6.07, 6.45) is 11.2. The van der Waals surface area contributed by atoms with Crippen LogP contribution in [0.4, 0.5) is 17.6 Å². The highest BCUT2D eigenvalue weighted by Crippen LogP contribution is 2.28. The molecule has 27 heavy (non-hydrogen) atoms. The molecule has 0 radical (unpaired) electrons. The molecule has 1 saturated carbocycles. The number of hydrogen-bond donors (Lipinski definition) is 2. The standard InChI is InChI=1S/C20H32N6S/c1-15-8-4-5-13-26(15)18-14-17(25-11-6-7-12-25)22-19(23-18)24-20(27)21-16-9-2-3-10-16/h14-16H,2-13H2,1H3,(H2,21,22,23,24,27)/t15-/m1/s1. The van der Waals surface area contributed by atoms with E-state index in [1.165, 1.54) is 57.8 Å².